The number of sulfone groups is 1. The summed E-state index contributed by atoms with van der Waals surface area (Å²) in [5.74, 6) is -9.49. The number of rotatable bonds is 19. The molecule has 6 aromatic carbocycles. The molecule has 6 aliphatic rings. The smallest absolute Gasteiger partial charge is 0.246 e. The number of likely N-dealkylation sites (N-methyl/N-ethyl adjacent to an activating group) is 2. The van der Waals surface area contributed by atoms with E-state index in [1.165, 1.54) is 33.0 Å². The monoisotopic (exact) mass is 1680 g/mol. The van der Waals surface area contributed by atoms with Gasteiger partial charge in [-0.05, 0) is 133 Å². The van der Waals surface area contributed by atoms with Crippen LogP contribution in [0, 0.1) is 16.7 Å². The minimum Gasteiger partial charge on any atom is -0.487 e. The highest BCUT2D eigenvalue weighted by atomic mass is 32.2. The summed E-state index contributed by atoms with van der Waals surface area (Å²) in [6.07, 6.45) is 1.78. The Labute approximate surface area is 698 Å². The van der Waals surface area contributed by atoms with Gasteiger partial charge in [0.2, 0.25) is 57.3 Å². The Morgan fingerprint density at radius 3 is 1.40 bits per heavy atom. The van der Waals surface area contributed by atoms with Crippen molar-refractivity contribution in [1.29, 1.82) is 0 Å². The van der Waals surface area contributed by atoms with Gasteiger partial charge in [-0.15, -0.1) is 10.2 Å². The SMILES string of the molecule is CCS(=O)(=O)CC(=O)[C@@H]1Cc2ccc(cc2)OCc2cn(nn2)[C@H]2C[C@@H](C(=O)N[C@@H](Cc3ccc4ccccc4c3)C(=O)C[C@H](C(=O)NS(=O)(=O)CC)Cc3ccc(cc3)OCc3cn(nn3)[C@H]3C[C@@H](C(=O)N[C@@H](Cc4ccc5ccccc5c4)C(=O)N1)N(C(=O)[C@@H](NC(=O)[C@H](C)NC)C(C)(C)C)C3)N(C(=O)[C@@H](NC(=O)[C@H](C)NC)C(C)(C)C)C2. The molecule has 2 aromatic heterocycles. The van der Waals surface area contributed by atoms with Crippen molar-refractivity contribution in [3.8, 4) is 11.5 Å². The lowest BCUT2D eigenvalue weighted by atomic mass is 9.85. The minimum atomic E-state index is -4.19. The van der Waals surface area contributed by atoms with Gasteiger partial charge in [0.1, 0.15) is 72.1 Å². The third-order valence-electron chi connectivity index (χ3n) is 22.4. The Hall–Kier alpha value is -11.4. The number of carbonyl (C=O) groups excluding carboxylic acids is 10. The van der Waals surface area contributed by atoms with E-state index < -0.39 is 180 Å². The number of aromatic nitrogens is 6. The van der Waals surface area contributed by atoms with Crippen LogP contribution in [0.5, 0.6) is 11.5 Å². The Kier molecular flexibility index (Phi) is 28.6. The van der Waals surface area contributed by atoms with Crippen molar-refractivity contribution in [2.75, 3.05) is 44.4 Å². The number of ether oxygens (including phenoxy) is 2. The minimum absolute atomic E-state index is 0.0779. The van der Waals surface area contributed by atoms with E-state index in [4.69, 9.17) is 9.47 Å². The molecule has 8 N–H and O–H groups in total. The van der Waals surface area contributed by atoms with Crippen LogP contribution in [-0.4, -0.2) is 214 Å². The molecule has 0 spiro atoms. The van der Waals surface area contributed by atoms with Gasteiger partial charge in [-0.2, -0.15) is 0 Å². The van der Waals surface area contributed by atoms with E-state index in [9.17, 15) is 36.0 Å². The van der Waals surface area contributed by atoms with Gasteiger partial charge in [-0.3, -0.25) is 52.7 Å². The van der Waals surface area contributed by atoms with Crippen LogP contribution in [0.2, 0.25) is 0 Å². The second-order valence-corrected chi connectivity index (χ2v) is 37.8. The molecule has 34 heteroatoms. The summed E-state index contributed by atoms with van der Waals surface area (Å²) in [5, 5.41) is 41.5. The van der Waals surface area contributed by atoms with Crippen LogP contribution in [-0.2, 0) is 107 Å². The summed E-state index contributed by atoms with van der Waals surface area (Å²) in [6.45, 7) is 16.0. The highest BCUT2D eigenvalue weighted by Gasteiger charge is 2.49. The fraction of sp³-hybridized carbons (Fsp3) is 0.465. The molecule has 0 radical (unpaired) electrons. The summed E-state index contributed by atoms with van der Waals surface area (Å²) in [6, 6.07) is 26.8. The predicted molar refractivity (Wildman–Crippen MR) is 448 cm³/mol. The predicted octanol–water partition coefficient (Wildman–Crippen LogP) is 4.68. The topological polar surface area (TPSA) is 422 Å². The Bertz CT molecular complexity index is 5010. The summed E-state index contributed by atoms with van der Waals surface area (Å²) in [4.78, 5) is 152. The maximum Gasteiger partial charge on any atom is 0.246 e. The molecule has 2 fully saturated rings. The van der Waals surface area contributed by atoms with E-state index in [1.54, 1.807) is 136 Å². The van der Waals surface area contributed by atoms with Crippen LogP contribution < -0.4 is 51.4 Å². The number of nitrogens with zero attached hydrogens (tertiary/aromatic N) is 8. The number of amides is 8. The molecular weight excluding hydrogens is 1580 g/mol. The van der Waals surface area contributed by atoms with Crippen LogP contribution in [0.15, 0.2) is 146 Å². The highest BCUT2D eigenvalue weighted by molar-refractivity contribution is 7.92. The number of ketones is 2. The molecule has 0 unspecified atom stereocenters. The van der Waals surface area contributed by atoms with Crippen molar-refractivity contribution in [2.24, 2.45) is 16.7 Å². The van der Waals surface area contributed by atoms with Gasteiger partial charge >= 0.3 is 0 Å². The number of sulfonamides is 1. The zero-order chi connectivity index (χ0) is 86.7. The molecule has 2 saturated heterocycles. The number of Topliss-reactive ketones (excluding diaryl/α,β-unsaturated/α-hetero) is 2. The molecule has 8 aromatic rings. The first-order valence-electron chi connectivity index (χ1n) is 40.4. The lowest BCUT2D eigenvalue weighted by Crippen LogP contribution is -2.61. The normalized spacial score (nSPS) is 21.2. The molecule has 0 saturated carbocycles. The Morgan fingerprint density at radius 1 is 0.533 bits per heavy atom. The van der Waals surface area contributed by atoms with Crippen LogP contribution in [0.4, 0.5) is 0 Å². The number of benzene rings is 6. The van der Waals surface area contributed by atoms with E-state index >= 15 is 28.8 Å². The van der Waals surface area contributed by atoms with Gasteiger partial charge in [-0.1, -0.05) is 168 Å². The molecule has 8 heterocycles. The standard InChI is InChI=1S/C86H108N16O16S2/c1-13-119(113,114)50-74(104)69-38-54-27-33-67(34-28-54)118-49-63-44-101(97-95-63)64-42-71(99(46-64)83(111)75(85(5,6)7)92-77(105)51(3)87-11)81(109)90-68(39-55-23-29-57-19-15-17-21-59(57)36-55)73(103)41-61(79(107)96-120(115,116)14-2)35-53-25-31-66(32-26-53)117-48-62-45-102(98-94-62)65-43-72(100(47-65)84(112)76(86(8,9)10)93-78(106)52(4)88-12)82(110)91-70(80(108)89-69)40-56-24-30-58-20-16-18-22-60(58)37-56/h15-34,36-37,44-45,51-52,61,64-65,68-72,75-76,87-88H,13-14,35,38-43,46-50H2,1-12H3,(H,89,108)(H,90,109)(H,91,110)(H,92,105)(H,93,106)(H,96,107)/t51-,52-,61+,64-,65-,68-,69-,70-,71-,72-,75+,76+/m0/s1. The average Bonchev–Trinajstić information content (AvgIpc) is 1.63. The molecule has 12 atom stereocenters. The van der Waals surface area contributed by atoms with Crippen molar-refractivity contribution >= 4 is 100 Å². The van der Waals surface area contributed by atoms with E-state index in [-0.39, 0.29) is 70.6 Å². The van der Waals surface area contributed by atoms with Crippen LogP contribution in [0.1, 0.15) is 134 Å². The van der Waals surface area contributed by atoms with E-state index in [1.807, 2.05) is 78.9 Å². The fourth-order valence-electron chi connectivity index (χ4n) is 14.9. The molecule has 120 heavy (non-hydrogen) atoms. The second kappa shape index (κ2) is 38.4. The zero-order valence-corrected chi connectivity index (χ0v) is 71.2. The van der Waals surface area contributed by atoms with Gasteiger partial charge < -0.3 is 56.5 Å². The number of hydrogen-bond acceptors (Lipinski definition) is 22. The largest absolute Gasteiger partial charge is 0.487 e. The van der Waals surface area contributed by atoms with E-state index in [0.717, 1.165) is 21.5 Å². The first-order valence-corrected chi connectivity index (χ1v) is 43.8. The average molecular weight is 1690 g/mol. The van der Waals surface area contributed by atoms with Crippen molar-refractivity contribution in [1.82, 2.24) is 81.7 Å². The maximum atomic E-state index is 15.6. The molecule has 640 valence electrons. The Balaban J connectivity index is 0.968. The van der Waals surface area contributed by atoms with E-state index in [2.05, 4.69) is 62.6 Å². The van der Waals surface area contributed by atoms with Crippen molar-refractivity contribution in [3.63, 3.8) is 0 Å². The van der Waals surface area contributed by atoms with Gasteiger partial charge in [0, 0.05) is 50.4 Å². The molecule has 6 aliphatic heterocycles. The maximum absolute atomic E-state index is 15.6. The fourth-order valence-corrected chi connectivity index (χ4v) is 16.4. The van der Waals surface area contributed by atoms with Gasteiger partial charge in [-0.25, -0.2) is 26.2 Å². The third-order valence-corrected chi connectivity index (χ3v) is 25.3. The second-order valence-electron chi connectivity index (χ2n) is 33.4. The summed E-state index contributed by atoms with van der Waals surface area (Å²) in [5.41, 5.74) is 0.934. The quantitative estimate of drug-likeness (QED) is 0.0545. The molecular formula is C86H108N16O16S2. The summed E-state index contributed by atoms with van der Waals surface area (Å²) >= 11 is 0. The zero-order valence-electron chi connectivity index (χ0n) is 69.6. The lowest BCUT2D eigenvalue weighted by Gasteiger charge is -2.36. The van der Waals surface area contributed by atoms with Crippen molar-refractivity contribution in [3.05, 3.63) is 179 Å². The first-order chi connectivity index (χ1) is 56.9. The van der Waals surface area contributed by atoms with Gasteiger partial charge in [0.05, 0.1) is 54.4 Å². The summed E-state index contributed by atoms with van der Waals surface area (Å²) in [7, 11) is -4.98. The van der Waals surface area contributed by atoms with Crippen LogP contribution in [0.3, 0.4) is 0 Å². The van der Waals surface area contributed by atoms with Crippen LogP contribution >= 0.6 is 0 Å². The van der Waals surface area contributed by atoms with Gasteiger partial charge in [0.15, 0.2) is 21.4 Å². The number of carbonyl (C=O) groups is 10. The van der Waals surface area contributed by atoms with Crippen LogP contribution in [0.25, 0.3) is 21.5 Å². The van der Waals surface area contributed by atoms with Gasteiger partial charge in [0.25, 0.3) is 0 Å². The molecule has 8 amide bonds. The number of likely N-dealkylation sites (tertiary alicyclic amines) is 2. The Morgan fingerprint density at radius 2 is 0.967 bits per heavy atom. The van der Waals surface area contributed by atoms with E-state index in [0.29, 0.717) is 45.1 Å². The first kappa shape index (κ1) is 89.4. The third kappa shape index (κ3) is 22.8. The number of fused-ring (bicyclic) bond motifs is 2. The summed E-state index contributed by atoms with van der Waals surface area (Å²) < 4.78 is 70.7. The van der Waals surface area contributed by atoms with Crippen molar-refractivity contribution < 1.29 is 74.3 Å². The highest BCUT2D eigenvalue weighted by Crippen LogP contribution is 2.35. The number of nitrogens with one attached hydrogen (secondary N) is 8. The molecule has 14 rings (SSSR count). The number of hydrogen-bond donors (Lipinski definition) is 8. The van der Waals surface area contributed by atoms with Crippen molar-refractivity contribution in [2.45, 2.75) is 194 Å². The molecule has 32 nitrogen and oxygen atoms in total. The lowest BCUT2D eigenvalue weighted by molar-refractivity contribution is -0.144. The molecule has 12 bridgehead atoms. The molecule has 0 aliphatic carbocycles.